The minimum atomic E-state index is 1.14. The summed E-state index contributed by atoms with van der Waals surface area (Å²) in [5.74, 6) is 0. The van der Waals surface area contributed by atoms with Crippen LogP contribution in [0.5, 0.6) is 0 Å². The highest BCUT2D eigenvalue weighted by molar-refractivity contribution is 6.24. The van der Waals surface area contributed by atoms with Crippen LogP contribution in [0.25, 0.3) is 220 Å². The summed E-state index contributed by atoms with van der Waals surface area (Å²) in [6.45, 7) is 0. The van der Waals surface area contributed by atoms with Crippen LogP contribution >= 0.6 is 0 Å². The van der Waals surface area contributed by atoms with E-state index in [1.54, 1.807) is 0 Å². The van der Waals surface area contributed by atoms with Gasteiger partial charge in [0.25, 0.3) is 0 Å². The Labute approximate surface area is 673 Å². The molecular weight excluding hydrogens is 1400 g/mol. The SMILES string of the molecule is c1ccc(-c2cccc(-c3ccc4c(c3)c3ccccc3n4-c3ccc(-c4c5ccccc5c(-c5ccc(-c6cccc7ccccc67)cc5)c5ccccc45)cc3)c2)cc1.c1ccc(-c2cccc(-c3ccc4c(c3)c3ccccc3n4-c3ccc(-c4c5ccccc5c(-c5ccc6ccccc6c5)c5ccccc45)cc3)c2)cc1. The molecule has 2 heteroatoms. The van der Waals surface area contributed by atoms with Gasteiger partial charge >= 0.3 is 0 Å². The molecule has 540 valence electrons. The maximum Gasteiger partial charge on any atom is 0.0541 e. The number of fused-ring (bicyclic) bond motifs is 12. The third kappa shape index (κ3) is 11.7. The maximum atomic E-state index is 2.42. The van der Waals surface area contributed by atoms with Gasteiger partial charge in [-0.1, -0.05) is 370 Å². The van der Waals surface area contributed by atoms with Gasteiger partial charge in [-0.2, -0.15) is 0 Å². The number of hydrogen-bond donors (Lipinski definition) is 0. The first kappa shape index (κ1) is 67.7. The topological polar surface area (TPSA) is 9.86 Å². The monoisotopic (exact) mass is 1470 g/mol. The van der Waals surface area contributed by atoms with Crippen molar-refractivity contribution in [3.05, 3.63) is 449 Å². The third-order valence-electron chi connectivity index (χ3n) is 24.0. The van der Waals surface area contributed by atoms with E-state index in [4.69, 9.17) is 0 Å². The Morgan fingerprint density at radius 3 is 0.828 bits per heavy atom. The molecular formula is C114H74N2. The van der Waals surface area contributed by atoms with E-state index in [1.165, 1.54) is 208 Å². The molecule has 0 amide bonds. The van der Waals surface area contributed by atoms with Crippen LogP contribution in [-0.2, 0) is 0 Å². The summed E-state index contributed by atoms with van der Waals surface area (Å²) in [6, 6.07) is 164. The average Bonchev–Trinajstić information content (AvgIpc) is 1.43. The van der Waals surface area contributed by atoms with Crippen LogP contribution < -0.4 is 0 Å². The number of hydrogen-bond acceptors (Lipinski definition) is 0. The standard InChI is InChI=1S/C60H39N.C54H35N/c1-2-14-40(15-3-1)45-18-12-19-46(38-45)47-34-37-58-56(39-47)51-21-10-11-27-57(51)61(58)48-35-32-44(33-36-48)60-54-24-8-6-22-52(54)59(53-23-7-9-25-55(53)60)43-30-28-42(29-31-43)50-26-13-17-41-16-4-5-20-49(41)50;1-2-13-36(14-3-1)40-17-12-18-41(33-40)42-29-32-52-50(35-42)45-19-10-11-24-51(45)55(52)44-30-27-38(28-31-44)53-46-20-6-8-22-48(46)54(49-23-9-7-21-47(49)53)43-26-25-37-15-4-5-16-39(37)34-43/h1-39H;1-35H. The zero-order valence-electron chi connectivity index (χ0n) is 63.6. The first-order valence-corrected chi connectivity index (χ1v) is 40.1. The highest BCUT2D eigenvalue weighted by atomic mass is 15.0. The summed E-state index contributed by atoms with van der Waals surface area (Å²) in [5, 5.41) is 20.1. The molecule has 23 aromatic rings. The Kier molecular flexibility index (Phi) is 16.6. The summed E-state index contributed by atoms with van der Waals surface area (Å²) >= 11 is 0. The summed E-state index contributed by atoms with van der Waals surface area (Å²) in [5.41, 5.74) is 29.3. The van der Waals surface area contributed by atoms with Gasteiger partial charge in [-0.3, -0.25) is 0 Å². The molecule has 2 heterocycles. The van der Waals surface area contributed by atoms with Gasteiger partial charge in [-0.05, 0) is 244 Å². The molecule has 0 unspecified atom stereocenters. The Hall–Kier alpha value is -15.2. The molecule has 0 fully saturated rings. The lowest BCUT2D eigenvalue weighted by Crippen LogP contribution is -1.95. The molecule has 0 saturated carbocycles. The molecule has 21 aromatic carbocycles. The van der Waals surface area contributed by atoms with Crippen LogP contribution in [0.4, 0.5) is 0 Å². The van der Waals surface area contributed by atoms with Crippen molar-refractivity contribution in [2.45, 2.75) is 0 Å². The lowest BCUT2D eigenvalue weighted by atomic mass is 9.85. The predicted octanol–water partition coefficient (Wildman–Crippen LogP) is 31.5. The number of aromatic nitrogens is 2. The largest absolute Gasteiger partial charge is 0.309 e. The van der Waals surface area contributed by atoms with E-state index in [0.29, 0.717) is 0 Å². The first-order chi connectivity index (χ1) is 57.5. The van der Waals surface area contributed by atoms with Crippen molar-refractivity contribution in [3.8, 4) is 112 Å². The van der Waals surface area contributed by atoms with Gasteiger partial charge in [-0.15, -0.1) is 0 Å². The minimum absolute atomic E-state index is 1.14. The fourth-order valence-electron chi connectivity index (χ4n) is 18.6. The molecule has 23 rings (SSSR count). The maximum absolute atomic E-state index is 2.42. The zero-order valence-corrected chi connectivity index (χ0v) is 63.6. The van der Waals surface area contributed by atoms with Crippen molar-refractivity contribution in [3.63, 3.8) is 0 Å². The van der Waals surface area contributed by atoms with Crippen LogP contribution in [0.15, 0.2) is 449 Å². The number of para-hydroxylation sites is 2. The lowest BCUT2D eigenvalue weighted by Gasteiger charge is -2.18. The summed E-state index contributed by atoms with van der Waals surface area (Å²) < 4.78 is 4.83. The number of rotatable bonds is 11. The molecule has 0 aliphatic rings. The van der Waals surface area contributed by atoms with E-state index >= 15 is 0 Å². The second-order valence-electron chi connectivity index (χ2n) is 30.5. The quantitative estimate of drug-likeness (QED) is 0.114. The fraction of sp³-hybridized carbons (Fsp3) is 0. The van der Waals surface area contributed by atoms with Gasteiger partial charge in [0.05, 0.1) is 22.1 Å². The Morgan fingerprint density at radius 2 is 0.397 bits per heavy atom. The zero-order chi connectivity index (χ0) is 76.6. The van der Waals surface area contributed by atoms with E-state index in [-0.39, 0.29) is 0 Å². The smallest absolute Gasteiger partial charge is 0.0541 e. The van der Waals surface area contributed by atoms with Crippen molar-refractivity contribution in [1.82, 2.24) is 9.13 Å². The third-order valence-corrected chi connectivity index (χ3v) is 24.0. The average molecular weight is 1470 g/mol. The Morgan fingerprint density at radius 1 is 0.121 bits per heavy atom. The van der Waals surface area contributed by atoms with E-state index in [0.717, 1.165) is 11.4 Å². The normalized spacial score (nSPS) is 11.6. The minimum Gasteiger partial charge on any atom is -0.309 e. The summed E-state index contributed by atoms with van der Waals surface area (Å²) in [4.78, 5) is 0. The van der Waals surface area contributed by atoms with Gasteiger partial charge in [-0.25, -0.2) is 0 Å². The van der Waals surface area contributed by atoms with Crippen LogP contribution in [-0.4, -0.2) is 9.13 Å². The number of nitrogens with zero attached hydrogens (tertiary/aromatic N) is 2. The van der Waals surface area contributed by atoms with Gasteiger partial charge in [0.2, 0.25) is 0 Å². The van der Waals surface area contributed by atoms with Crippen LogP contribution in [0.2, 0.25) is 0 Å². The molecule has 0 radical (unpaired) electrons. The van der Waals surface area contributed by atoms with E-state index in [1.807, 2.05) is 0 Å². The highest BCUT2D eigenvalue weighted by Gasteiger charge is 2.22. The fourth-order valence-corrected chi connectivity index (χ4v) is 18.6. The highest BCUT2D eigenvalue weighted by Crippen LogP contribution is 2.48. The molecule has 0 aliphatic heterocycles. The van der Waals surface area contributed by atoms with Crippen molar-refractivity contribution in [1.29, 1.82) is 0 Å². The second-order valence-corrected chi connectivity index (χ2v) is 30.5. The van der Waals surface area contributed by atoms with Gasteiger partial charge in [0, 0.05) is 32.9 Å². The van der Waals surface area contributed by atoms with Gasteiger partial charge in [0.1, 0.15) is 0 Å². The Balaban J connectivity index is 0.000000141. The van der Waals surface area contributed by atoms with Crippen LogP contribution in [0, 0.1) is 0 Å². The first-order valence-electron chi connectivity index (χ1n) is 40.1. The van der Waals surface area contributed by atoms with Crippen molar-refractivity contribution in [2.24, 2.45) is 0 Å². The molecule has 0 aliphatic carbocycles. The molecule has 0 bridgehead atoms. The molecule has 0 saturated heterocycles. The molecule has 2 nitrogen and oxygen atoms in total. The molecule has 0 spiro atoms. The van der Waals surface area contributed by atoms with Crippen LogP contribution in [0.3, 0.4) is 0 Å². The van der Waals surface area contributed by atoms with Crippen LogP contribution in [0.1, 0.15) is 0 Å². The van der Waals surface area contributed by atoms with E-state index in [9.17, 15) is 0 Å². The molecule has 116 heavy (non-hydrogen) atoms. The summed E-state index contributed by atoms with van der Waals surface area (Å²) in [6.07, 6.45) is 0. The van der Waals surface area contributed by atoms with Crippen molar-refractivity contribution < 1.29 is 0 Å². The Bertz CT molecular complexity index is 7660. The molecule has 0 atom stereocenters. The lowest BCUT2D eigenvalue weighted by molar-refractivity contribution is 1.18. The van der Waals surface area contributed by atoms with Crippen molar-refractivity contribution >= 4 is 108 Å². The van der Waals surface area contributed by atoms with Crippen molar-refractivity contribution in [2.75, 3.05) is 0 Å². The number of benzene rings is 21. The van der Waals surface area contributed by atoms with E-state index in [2.05, 4.69) is 458 Å². The summed E-state index contributed by atoms with van der Waals surface area (Å²) in [7, 11) is 0. The van der Waals surface area contributed by atoms with E-state index < -0.39 is 0 Å². The molecule has 0 N–H and O–H groups in total. The molecule has 2 aromatic heterocycles. The second kappa shape index (κ2) is 28.5. The predicted molar refractivity (Wildman–Crippen MR) is 496 cm³/mol. The van der Waals surface area contributed by atoms with Gasteiger partial charge in [0.15, 0.2) is 0 Å². The van der Waals surface area contributed by atoms with Gasteiger partial charge < -0.3 is 9.13 Å².